The van der Waals surface area contributed by atoms with Crippen LogP contribution in [0.15, 0.2) is 41.6 Å². The number of carbonyl (C=O) groups excluding carboxylic acids is 1. The Morgan fingerprint density at radius 1 is 1.29 bits per heavy atom. The first-order valence-corrected chi connectivity index (χ1v) is 10.5. The number of aromatic nitrogens is 2. The van der Waals surface area contributed by atoms with Gasteiger partial charge in [-0.1, -0.05) is 6.92 Å². The minimum Gasteiger partial charge on any atom is -0.326 e. The molecule has 1 amide bonds. The van der Waals surface area contributed by atoms with Gasteiger partial charge in [0.2, 0.25) is 15.9 Å². The summed E-state index contributed by atoms with van der Waals surface area (Å²) in [6, 6.07) is 6.22. The second kappa shape index (κ2) is 9.51. The molecule has 1 aliphatic heterocycles. The first-order chi connectivity index (χ1) is 12.9. The lowest BCUT2D eigenvalue weighted by atomic mass is 9.90. The zero-order valence-corrected chi connectivity index (χ0v) is 17.5. The maximum absolute atomic E-state index is 12.7. The van der Waals surface area contributed by atoms with E-state index in [1.807, 2.05) is 20.2 Å². The van der Waals surface area contributed by atoms with Crippen LogP contribution in [0.1, 0.15) is 24.8 Å². The summed E-state index contributed by atoms with van der Waals surface area (Å²) in [6.07, 6.45) is 4.45. The van der Waals surface area contributed by atoms with Crippen molar-refractivity contribution in [3.63, 3.8) is 0 Å². The van der Waals surface area contributed by atoms with Crippen molar-refractivity contribution in [2.24, 2.45) is 13.0 Å². The van der Waals surface area contributed by atoms with Crippen LogP contribution in [-0.2, 0) is 21.9 Å². The molecule has 28 heavy (non-hydrogen) atoms. The lowest BCUT2D eigenvalue weighted by Gasteiger charge is -2.17. The topological polar surface area (TPSA) is 105 Å². The van der Waals surface area contributed by atoms with Crippen molar-refractivity contribution in [1.29, 1.82) is 0 Å². The molecule has 0 aliphatic carbocycles. The molecule has 0 radical (unpaired) electrons. The predicted octanol–water partition coefficient (Wildman–Crippen LogP) is 1.47. The maximum Gasteiger partial charge on any atom is 0.240 e. The Hall–Kier alpha value is -1.94. The molecule has 2 aromatic rings. The zero-order valence-electron chi connectivity index (χ0n) is 15.9. The molecule has 2 atom stereocenters. The number of nitrogens with zero attached hydrogens (tertiary/aromatic N) is 2. The van der Waals surface area contributed by atoms with Gasteiger partial charge in [-0.3, -0.25) is 9.48 Å². The summed E-state index contributed by atoms with van der Waals surface area (Å²) in [5.41, 5.74) is 1.61. The highest BCUT2D eigenvalue weighted by Gasteiger charge is 2.34. The minimum atomic E-state index is -3.51. The third kappa shape index (κ3) is 5.11. The van der Waals surface area contributed by atoms with Crippen molar-refractivity contribution in [2.75, 3.05) is 25.0 Å². The summed E-state index contributed by atoms with van der Waals surface area (Å²) in [5.74, 6) is -0.228. The van der Waals surface area contributed by atoms with Gasteiger partial charge in [-0.05, 0) is 36.2 Å². The number of nitrogens with one attached hydrogen (secondary N) is 3. The lowest BCUT2D eigenvalue weighted by molar-refractivity contribution is -0.119. The van der Waals surface area contributed by atoms with Gasteiger partial charge in [0.05, 0.1) is 17.0 Å². The Balaban J connectivity index is 0.00000280. The van der Waals surface area contributed by atoms with Crippen LogP contribution in [0.2, 0.25) is 0 Å². The Morgan fingerprint density at radius 2 is 2.00 bits per heavy atom. The molecular formula is C18H26ClN5O3S. The molecular weight excluding hydrogens is 402 g/mol. The number of hydrogen-bond acceptors (Lipinski definition) is 5. The highest BCUT2D eigenvalue weighted by atomic mass is 35.5. The van der Waals surface area contributed by atoms with E-state index in [4.69, 9.17) is 0 Å². The predicted molar refractivity (Wildman–Crippen MR) is 110 cm³/mol. The van der Waals surface area contributed by atoms with E-state index in [1.54, 1.807) is 23.0 Å². The fourth-order valence-electron chi connectivity index (χ4n) is 3.21. The fourth-order valence-corrected chi connectivity index (χ4v) is 4.34. The molecule has 0 saturated carbocycles. The number of halogens is 1. The molecule has 3 rings (SSSR count). The van der Waals surface area contributed by atoms with Crippen molar-refractivity contribution >= 4 is 34.0 Å². The van der Waals surface area contributed by atoms with E-state index in [1.165, 1.54) is 12.1 Å². The number of sulfonamides is 1. The minimum absolute atomic E-state index is 0. The van der Waals surface area contributed by atoms with Crippen molar-refractivity contribution in [3.8, 4) is 0 Å². The molecule has 8 nitrogen and oxygen atoms in total. The zero-order chi connectivity index (χ0) is 19.4. The van der Waals surface area contributed by atoms with Gasteiger partial charge < -0.3 is 10.6 Å². The first kappa shape index (κ1) is 22.4. The van der Waals surface area contributed by atoms with E-state index in [-0.39, 0.29) is 35.0 Å². The molecule has 0 spiro atoms. The summed E-state index contributed by atoms with van der Waals surface area (Å²) in [4.78, 5) is 12.9. The van der Waals surface area contributed by atoms with Gasteiger partial charge in [-0.2, -0.15) is 5.10 Å². The second-order valence-electron chi connectivity index (χ2n) is 6.73. The van der Waals surface area contributed by atoms with E-state index in [9.17, 15) is 13.2 Å². The average Bonchev–Trinajstić information content (AvgIpc) is 3.29. The number of rotatable bonds is 7. The monoisotopic (exact) mass is 427 g/mol. The van der Waals surface area contributed by atoms with Crippen LogP contribution in [-0.4, -0.2) is 43.7 Å². The molecule has 154 valence electrons. The summed E-state index contributed by atoms with van der Waals surface area (Å²) in [6.45, 7) is 3.62. The number of benzene rings is 1. The summed E-state index contributed by atoms with van der Waals surface area (Å²) >= 11 is 0. The molecule has 0 bridgehead atoms. The van der Waals surface area contributed by atoms with Gasteiger partial charge in [0, 0.05) is 44.5 Å². The van der Waals surface area contributed by atoms with Crippen molar-refractivity contribution in [3.05, 3.63) is 42.2 Å². The first-order valence-electron chi connectivity index (χ1n) is 9.00. The molecule has 10 heteroatoms. The molecule has 2 heterocycles. The Kier molecular flexibility index (Phi) is 7.59. The average molecular weight is 428 g/mol. The Labute approximate surface area is 171 Å². The fraction of sp³-hybridized carbons (Fsp3) is 0.444. The van der Waals surface area contributed by atoms with Gasteiger partial charge in [-0.25, -0.2) is 13.1 Å². The van der Waals surface area contributed by atoms with Crippen LogP contribution in [0, 0.1) is 5.92 Å². The van der Waals surface area contributed by atoms with E-state index < -0.39 is 10.0 Å². The van der Waals surface area contributed by atoms with Crippen LogP contribution < -0.4 is 15.4 Å². The maximum atomic E-state index is 12.7. The highest BCUT2D eigenvalue weighted by Crippen LogP contribution is 2.29. The SMILES string of the molecule is CCCNS(=O)(=O)c1ccc(NC(=O)[C@H]2CNC[C@@H]2c2cnn(C)c2)cc1.Cl. The number of carbonyl (C=O) groups is 1. The Bertz CT molecular complexity index is 898. The molecule has 1 aliphatic rings. The second-order valence-corrected chi connectivity index (χ2v) is 8.50. The molecule has 1 saturated heterocycles. The van der Waals surface area contributed by atoms with Crippen LogP contribution in [0.4, 0.5) is 5.69 Å². The van der Waals surface area contributed by atoms with Gasteiger partial charge in [0.25, 0.3) is 0 Å². The van der Waals surface area contributed by atoms with E-state index in [2.05, 4.69) is 20.5 Å². The summed E-state index contributed by atoms with van der Waals surface area (Å²) in [7, 11) is -1.65. The van der Waals surface area contributed by atoms with Crippen molar-refractivity contribution < 1.29 is 13.2 Å². The summed E-state index contributed by atoms with van der Waals surface area (Å²) < 4.78 is 28.5. The van der Waals surface area contributed by atoms with Crippen LogP contribution in [0.3, 0.4) is 0 Å². The van der Waals surface area contributed by atoms with Crippen molar-refractivity contribution in [1.82, 2.24) is 19.8 Å². The van der Waals surface area contributed by atoms with E-state index >= 15 is 0 Å². The number of amides is 1. The third-order valence-electron chi connectivity index (χ3n) is 4.68. The van der Waals surface area contributed by atoms with Crippen LogP contribution in [0.25, 0.3) is 0 Å². The van der Waals surface area contributed by atoms with Gasteiger partial charge >= 0.3 is 0 Å². The highest BCUT2D eigenvalue weighted by molar-refractivity contribution is 7.89. The standard InChI is InChI=1S/C18H25N5O3S.ClH/c1-3-8-21-27(25,26)15-6-4-14(5-7-15)22-18(24)17-11-19-10-16(17)13-9-20-23(2)12-13;/h4-7,9,12,16-17,19,21H,3,8,10-11H2,1-2H3,(H,22,24);1H/t16-,17+;/m1./s1. The molecule has 1 aromatic heterocycles. The van der Waals surface area contributed by atoms with E-state index in [0.29, 0.717) is 18.8 Å². The normalized spacial score (nSPS) is 19.2. The van der Waals surface area contributed by atoms with Gasteiger partial charge in [-0.15, -0.1) is 12.4 Å². The Morgan fingerprint density at radius 3 is 2.61 bits per heavy atom. The molecule has 1 fully saturated rings. The molecule has 1 aromatic carbocycles. The van der Waals surface area contributed by atoms with Gasteiger partial charge in [0.1, 0.15) is 0 Å². The largest absolute Gasteiger partial charge is 0.326 e. The van der Waals surface area contributed by atoms with Crippen LogP contribution in [0.5, 0.6) is 0 Å². The smallest absolute Gasteiger partial charge is 0.240 e. The molecule has 0 unspecified atom stereocenters. The van der Waals surface area contributed by atoms with Crippen LogP contribution >= 0.6 is 12.4 Å². The summed E-state index contributed by atoms with van der Waals surface area (Å²) in [5, 5.41) is 10.3. The third-order valence-corrected chi connectivity index (χ3v) is 6.16. The quantitative estimate of drug-likeness (QED) is 0.620. The van der Waals surface area contributed by atoms with Gasteiger partial charge in [0.15, 0.2) is 0 Å². The van der Waals surface area contributed by atoms with E-state index in [0.717, 1.165) is 18.5 Å². The van der Waals surface area contributed by atoms with Crippen molar-refractivity contribution in [2.45, 2.75) is 24.2 Å². The number of aryl methyl sites for hydroxylation is 1. The molecule has 3 N–H and O–H groups in total. The lowest BCUT2D eigenvalue weighted by Crippen LogP contribution is -2.28. The number of hydrogen-bond donors (Lipinski definition) is 3. The number of anilines is 1.